The Morgan fingerprint density at radius 3 is 2.85 bits per heavy atom. The van der Waals surface area contributed by atoms with Gasteiger partial charge in [0.15, 0.2) is 9.84 Å². The number of halogens is 1. The van der Waals surface area contributed by atoms with Gasteiger partial charge in [-0.2, -0.15) is 0 Å². The van der Waals surface area contributed by atoms with Crippen LogP contribution in [0.5, 0.6) is 0 Å². The number of hydrogen-bond donors (Lipinski definition) is 1. The van der Waals surface area contributed by atoms with Crippen LogP contribution in [0.25, 0.3) is 0 Å². The molecular formula is C14H20ClNO3S. The summed E-state index contributed by atoms with van der Waals surface area (Å²) >= 11 is 6.15. The van der Waals surface area contributed by atoms with Crippen molar-refractivity contribution in [2.24, 2.45) is 0 Å². The van der Waals surface area contributed by atoms with Crippen LogP contribution in [0.1, 0.15) is 25.3 Å². The van der Waals surface area contributed by atoms with Crippen molar-refractivity contribution >= 4 is 21.4 Å². The van der Waals surface area contributed by atoms with Gasteiger partial charge < -0.3 is 10.1 Å². The first-order chi connectivity index (χ1) is 9.38. The molecule has 4 nitrogen and oxygen atoms in total. The minimum Gasteiger partial charge on any atom is -0.378 e. The third-order valence-corrected chi connectivity index (χ3v) is 5.06. The van der Waals surface area contributed by atoms with Crippen LogP contribution in [0.4, 0.5) is 0 Å². The zero-order valence-electron chi connectivity index (χ0n) is 11.7. The van der Waals surface area contributed by atoms with E-state index in [4.69, 9.17) is 16.3 Å². The minimum absolute atomic E-state index is 0.238. The quantitative estimate of drug-likeness (QED) is 0.926. The van der Waals surface area contributed by atoms with Crippen LogP contribution in [0.15, 0.2) is 23.1 Å². The fourth-order valence-electron chi connectivity index (χ4n) is 2.49. The van der Waals surface area contributed by atoms with Crippen LogP contribution >= 0.6 is 11.6 Å². The van der Waals surface area contributed by atoms with Crippen molar-refractivity contribution in [1.82, 2.24) is 5.32 Å². The van der Waals surface area contributed by atoms with Gasteiger partial charge in [-0.3, -0.25) is 0 Å². The van der Waals surface area contributed by atoms with Gasteiger partial charge in [0.2, 0.25) is 0 Å². The Hall–Kier alpha value is -0.620. The predicted molar refractivity (Wildman–Crippen MR) is 79.8 cm³/mol. The fraction of sp³-hybridized carbons (Fsp3) is 0.571. The van der Waals surface area contributed by atoms with Crippen molar-refractivity contribution in [3.8, 4) is 0 Å². The zero-order valence-corrected chi connectivity index (χ0v) is 13.3. The molecule has 0 radical (unpaired) electrons. The Kier molecular flexibility index (Phi) is 5.07. The van der Waals surface area contributed by atoms with E-state index in [1.54, 1.807) is 18.2 Å². The summed E-state index contributed by atoms with van der Waals surface area (Å²) < 4.78 is 29.1. The van der Waals surface area contributed by atoms with E-state index in [9.17, 15) is 8.42 Å². The fourth-order valence-corrected chi connectivity index (χ4v) is 3.74. The zero-order chi connectivity index (χ0) is 14.8. The second-order valence-corrected chi connectivity index (χ2v) is 7.66. The molecule has 2 atom stereocenters. The third kappa shape index (κ3) is 3.95. The van der Waals surface area contributed by atoms with Crippen LogP contribution in [-0.2, 0) is 21.1 Å². The first-order valence-electron chi connectivity index (χ1n) is 6.70. The van der Waals surface area contributed by atoms with E-state index in [0.29, 0.717) is 28.1 Å². The highest BCUT2D eigenvalue weighted by molar-refractivity contribution is 7.90. The van der Waals surface area contributed by atoms with E-state index >= 15 is 0 Å². The molecule has 0 bridgehead atoms. The molecule has 2 rings (SSSR count). The lowest BCUT2D eigenvalue weighted by Crippen LogP contribution is -2.37. The van der Waals surface area contributed by atoms with Gasteiger partial charge in [0.05, 0.1) is 11.0 Å². The molecule has 1 heterocycles. The second kappa shape index (κ2) is 6.43. The molecule has 20 heavy (non-hydrogen) atoms. The molecule has 2 unspecified atom stereocenters. The second-order valence-electron chi connectivity index (χ2n) is 5.27. The van der Waals surface area contributed by atoms with Gasteiger partial charge in [0.25, 0.3) is 0 Å². The summed E-state index contributed by atoms with van der Waals surface area (Å²) in [6.07, 6.45) is 3.31. The molecule has 0 spiro atoms. The predicted octanol–water partition coefficient (Wildman–Crippen LogP) is 2.40. The molecule has 1 aliphatic heterocycles. The Morgan fingerprint density at radius 2 is 2.20 bits per heavy atom. The van der Waals surface area contributed by atoms with Gasteiger partial charge in [-0.15, -0.1) is 0 Å². The van der Waals surface area contributed by atoms with Gasteiger partial charge in [-0.05, 0) is 31.9 Å². The molecule has 1 aromatic rings. The molecule has 1 fully saturated rings. The molecule has 1 aliphatic rings. The average molecular weight is 318 g/mol. The van der Waals surface area contributed by atoms with Crippen molar-refractivity contribution in [3.63, 3.8) is 0 Å². The van der Waals surface area contributed by atoms with E-state index in [1.165, 1.54) is 6.26 Å². The lowest BCUT2D eigenvalue weighted by Gasteiger charge is -2.28. The highest BCUT2D eigenvalue weighted by atomic mass is 35.5. The number of rotatable bonds is 4. The molecule has 1 saturated heterocycles. The van der Waals surface area contributed by atoms with E-state index in [-0.39, 0.29) is 6.10 Å². The van der Waals surface area contributed by atoms with Crippen LogP contribution < -0.4 is 5.32 Å². The number of ether oxygens (including phenoxy) is 1. The van der Waals surface area contributed by atoms with Gasteiger partial charge in [-0.25, -0.2) is 8.42 Å². The Morgan fingerprint density at radius 1 is 1.45 bits per heavy atom. The summed E-state index contributed by atoms with van der Waals surface area (Å²) in [6, 6.07) is 5.33. The monoisotopic (exact) mass is 317 g/mol. The van der Waals surface area contributed by atoms with Crippen LogP contribution in [0.3, 0.4) is 0 Å². The molecular weight excluding hydrogens is 298 g/mol. The Labute approximate surface area is 125 Å². The molecule has 1 N–H and O–H groups in total. The molecule has 1 aromatic carbocycles. The lowest BCUT2D eigenvalue weighted by molar-refractivity contribution is 0.0130. The Balaban J connectivity index is 2.13. The van der Waals surface area contributed by atoms with Gasteiger partial charge in [-0.1, -0.05) is 17.7 Å². The topological polar surface area (TPSA) is 55.4 Å². The summed E-state index contributed by atoms with van der Waals surface area (Å²) in [5.41, 5.74) is 0.649. The molecule has 0 amide bonds. The SMILES string of the molecule is CC1CC(NCc2c(Cl)cccc2S(C)(=O)=O)CCO1. The summed E-state index contributed by atoms with van der Waals surface area (Å²) in [6.45, 7) is 3.24. The first-order valence-corrected chi connectivity index (χ1v) is 8.97. The highest BCUT2D eigenvalue weighted by Crippen LogP contribution is 2.24. The third-order valence-electron chi connectivity index (χ3n) is 3.53. The summed E-state index contributed by atoms with van der Waals surface area (Å²) in [7, 11) is -3.27. The van der Waals surface area contributed by atoms with Crippen molar-refractivity contribution in [2.45, 2.75) is 43.4 Å². The summed E-state index contributed by atoms with van der Waals surface area (Å²) in [5, 5.41) is 3.88. The maximum absolute atomic E-state index is 11.8. The minimum atomic E-state index is -3.27. The molecule has 0 aliphatic carbocycles. The number of sulfone groups is 1. The van der Waals surface area contributed by atoms with Gasteiger partial charge in [0, 0.05) is 36.0 Å². The lowest BCUT2D eigenvalue weighted by atomic mass is 10.0. The smallest absolute Gasteiger partial charge is 0.175 e. The number of nitrogens with one attached hydrogen (secondary N) is 1. The number of benzene rings is 1. The van der Waals surface area contributed by atoms with Crippen molar-refractivity contribution in [3.05, 3.63) is 28.8 Å². The summed E-state index contributed by atoms with van der Waals surface area (Å²) in [4.78, 5) is 0.303. The molecule has 0 aromatic heterocycles. The molecule has 112 valence electrons. The van der Waals surface area contributed by atoms with Crippen molar-refractivity contribution < 1.29 is 13.2 Å². The van der Waals surface area contributed by atoms with Crippen LogP contribution in [-0.4, -0.2) is 33.4 Å². The maximum atomic E-state index is 11.8. The van der Waals surface area contributed by atoms with Crippen LogP contribution in [0, 0.1) is 0 Å². The van der Waals surface area contributed by atoms with Crippen molar-refractivity contribution in [1.29, 1.82) is 0 Å². The van der Waals surface area contributed by atoms with Gasteiger partial charge >= 0.3 is 0 Å². The van der Waals surface area contributed by atoms with E-state index in [2.05, 4.69) is 5.32 Å². The number of hydrogen-bond acceptors (Lipinski definition) is 4. The Bertz CT molecular complexity index is 574. The van der Waals surface area contributed by atoms with Crippen LogP contribution in [0.2, 0.25) is 5.02 Å². The van der Waals surface area contributed by atoms with Crippen molar-refractivity contribution in [2.75, 3.05) is 12.9 Å². The maximum Gasteiger partial charge on any atom is 0.175 e. The largest absolute Gasteiger partial charge is 0.378 e. The van der Waals surface area contributed by atoms with E-state index in [1.807, 2.05) is 6.92 Å². The van der Waals surface area contributed by atoms with Gasteiger partial charge in [0.1, 0.15) is 0 Å². The summed E-state index contributed by atoms with van der Waals surface area (Å²) in [5.74, 6) is 0. The highest BCUT2D eigenvalue weighted by Gasteiger charge is 2.21. The molecule has 6 heteroatoms. The molecule has 0 saturated carbocycles. The van der Waals surface area contributed by atoms with E-state index < -0.39 is 9.84 Å². The standard InChI is InChI=1S/C14H20ClNO3S/c1-10-8-11(6-7-19-10)16-9-12-13(15)4-3-5-14(12)20(2,17)18/h3-5,10-11,16H,6-9H2,1-2H3. The first kappa shape index (κ1) is 15.8. The average Bonchev–Trinajstić information content (AvgIpc) is 2.36. The normalized spacial score (nSPS) is 23.8. The van der Waals surface area contributed by atoms with E-state index in [0.717, 1.165) is 19.4 Å².